The molecule has 0 saturated carbocycles. The van der Waals surface area contributed by atoms with E-state index in [1.54, 1.807) is 26.0 Å². The van der Waals surface area contributed by atoms with Crippen molar-refractivity contribution in [3.05, 3.63) is 112 Å². The number of aliphatic hydroxyl groups is 2. The Morgan fingerprint density at radius 3 is 1.92 bits per heavy atom. The van der Waals surface area contributed by atoms with Crippen molar-refractivity contribution in [2.45, 2.75) is 56.7 Å². The molecule has 38 heavy (non-hydrogen) atoms. The number of nitrogens with zero attached hydrogens (tertiary/aromatic N) is 2. The summed E-state index contributed by atoms with van der Waals surface area (Å²) in [5.41, 5.74) is 1.38. The second-order valence-electron chi connectivity index (χ2n) is 10.9. The standard InChI is InChI=1S/C32H38N2O4/c1-31(2,30(36)33-38)25-17-15-24(16-18-25)29(35)14-9-21-34-22-19-28(20-23-34)32(37,26-10-5-3-6-11-26)27-12-7-4-8-13-27/h3-8,10-13,15-18,28-29,35,37H,9,14,19-23H2,1-2H3. The molecule has 0 aromatic heterocycles. The van der Waals surface area contributed by atoms with E-state index in [4.69, 9.17) is 0 Å². The molecule has 0 aliphatic carbocycles. The van der Waals surface area contributed by atoms with E-state index in [2.05, 4.69) is 10.1 Å². The highest BCUT2D eigenvalue weighted by molar-refractivity contribution is 5.87. The largest absolute Gasteiger partial charge is 0.388 e. The van der Waals surface area contributed by atoms with E-state index in [9.17, 15) is 19.9 Å². The van der Waals surface area contributed by atoms with Gasteiger partial charge in [-0.3, -0.25) is 4.79 Å². The smallest absolute Gasteiger partial charge is 0.296 e. The van der Waals surface area contributed by atoms with Crippen LogP contribution in [0.4, 0.5) is 0 Å². The minimum Gasteiger partial charge on any atom is -0.388 e. The van der Waals surface area contributed by atoms with Crippen molar-refractivity contribution in [3.8, 4) is 0 Å². The Kier molecular flexibility index (Phi) is 8.87. The second kappa shape index (κ2) is 12.1. The van der Waals surface area contributed by atoms with Crippen LogP contribution in [0.25, 0.3) is 0 Å². The number of carbonyl (C=O) groups excluding carboxylic acids is 1. The monoisotopic (exact) mass is 514 g/mol. The molecule has 1 aliphatic rings. The van der Waals surface area contributed by atoms with Crippen LogP contribution in [0.15, 0.2) is 90.1 Å². The number of hydrogen-bond donors (Lipinski definition) is 2. The highest BCUT2D eigenvalue weighted by Gasteiger charge is 2.41. The number of carbonyl (C=O) groups is 1. The molecule has 1 amide bonds. The number of benzene rings is 3. The quantitative estimate of drug-likeness (QED) is 0.338. The molecule has 3 aromatic carbocycles. The van der Waals surface area contributed by atoms with Gasteiger partial charge < -0.3 is 15.1 Å². The molecule has 0 radical (unpaired) electrons. The zero-order valence-corrected chi connectivity index (χ0v) is 22.3. The Morgan fingerprint density at radius 2 is 1.42 bits per heavy atom. The van der Waals surface area contributed by atoms with Crippen molar-refractivity contribution in [1.82, 2.24) is 4.90 Å². The lowest BCUT2D eigenvalue weighted by Crippen LogP contribution is -2.44. The lowest BCUT2D eigenvalue weighted by atomic mass is 9.72. The molecule has 4 rings (SSSR count). The Balaban J connectivity index is 1.31. The summed E-state index contributed by atoms with van der Waals surface area (Å²) in [7, 11) is 0. The van der Waals surface area contributed by atoms with E-state index in [1.807, 2.05) is 72.8 Å². The number of piperidine rings is 1. The summed E-state index contributed by atoms with van der Waals surface area (Å²) in [6, 6.07) is 27.2. The fourth-order valence-electron chi connectivity index (χ4n) is 5.63. The third-order valence-electron chi connectivity index (χ3n) is 8.19. The Morgan fingerprint density at radius 1 is 0.895 bits per heavy atom. The van der Waals surface area contributed by atoms with Crippen molar-refractivity contribution in [2.75, 3.05) is 19.6 Å². The third kappa shape index (κ3) is 5.93. The van der Waals surface area contributed by atoms with E-state index in [1.165, 1.54) is 0 Å². The van der Waals surface area contributed by atoms with E-state index in [-0.39, 0.29) is 5.92 Å². The molecular formula is C32H38N2O4. The number of rotatable bonds is 10. The first-order valence-electron chi connectivity index (χ1n) is 13.5. The van der Waals surface area contributed by atoms with Gasteiger partial charge in [-0.2, -0.15) is 0 Å². The van der Waals surface area contributed by atoms with Gasteiger partial charge in [0.15, 0.2) is 0 Å². The third-order valence-corrected chi connectivity index (χ3v) is 8.19. The molecule has 200 valence electrons. The minimum atomic E-state index is -1.02. The Labute approximate surface area is 225 Å². The maximum atomic E-state index is 12.1. The van der Waals surface area contributed by atoms with Gasteiger partial charge in [-0.1, -0.05) is 84.9 Å². The van der Waals surface area contributed by atoms with E-state index in [0.29, 0.717) is 12.0 Å². The summed E-state index contributed by atoms with van der Waals surface area (Å²) in [6.45, 7) is 6.05. The number of nitroso groups, excluding NO2 is 1. The van der Waals surface area contributed by atoms with Crippen LogP contribution in [-0.4, -0.2) is 40.7 Å². The van der Waals surface area contributed by atoms with Gasteiger partial charge in [-0.25, -0.2) is 0 Å². The summed E-state index contributed by atoms with van der Waals surface area (Å²) < 4.78 is 0. The average Bonchev–Trinajstić information content (AvgIpc) is 2.97. The summed E-state index contributed by atoms with van der Waals surface area (Å²) >= 11 is 0. The first-order chi connectivity index (χ1) is 18.3. The first-order valence-corrected chi connectivity index (χ1v) is 13.5. The van der Waals surface area contributed by atoms with Crippen LogP contribution in [0.2, 0.25) is 0 Å². The van der Waals surface area contributed by atoms with Gasteiger partial charge in [-0.15, -0.1) is 4.91 Å². The van der Waals surface area contributed by atoms with Gasteiger partial charge in [0.2, 0.25) is 0 Å². The van der Waals surface area contributed by atoms with Crippen LogP contribution in [-0.2, 0) is 15.8 Å². The van der Waals surface area contributed by atoms with Crippen molar-refractivity contribution < 1.29 is 15.0 Å². The SMILES string of the molecule is CC(C)(C(=O)N=O)c1ccc(C(O)CCCN2CCC(C(O)(c3ccccc3)c3ccccc3)CC2)cc1. The van der Waals surface area contributed by atoms with Crippen LogP contribution >= 0.6 is 0 Å². The highest BCUT2D eigenvalue weighted by Crippen LogP contribution is 2.42. The normalized spacial score (nSPS) is 16.2. The number of hydrogen-bond acceptors (Lipinski definition) is 5. The van der Waals surface area contributed by atoms with Crippen molar-refractivity contribution in [1.29, 1.82) is 0 Å². The molecular weight excluding hydrogens is 476 g/mol. The highest BCUT2D eigenvalue weighted by atomic mass is 16.3. The molecule has 2 N–H and O–H groups in total. The van der Waals surface area contributed by atoms with Crippen LogP contribution in [0.3, 0.4) is 0 Å². The molecule has 1 heterocycles. The minimum absolute atomic E-state index is 0.123. The predicted octanol–water partition coefficient (Wildman–Crippen LogP) is 5.72. The van der Waals surface area contributed by atoms with E-state index >= 15 is 0 Å². The van der Waals surface area contributed by atoms with Gasteiger partial charge >= 0.3 is 0 Å². The zero-order valence-electron chi connectivity index (χ0n) is 22.3. The number of amides is 1. The zero-order chi connectivity index (χ0) is 27.2. The fraction of sp³-hybridized carbons (Fsp3) is 0.406. The van der Waals surface area contributed by atoms with E-state index < -0.39 is 23.0 Å². The van der Waals surface area contributed by atoms with Gasteiger partial charge in [-0.05, 0) is 87.3 Å². The van der Waals surface area contributed by atoms with Gasteiger partial charge in [0.25, 0.3) is 5.91 Å². The fourth-order valence-corrected chi connectivity index (χ4v) is 5.63. The molecule has 0 bridgehead atoms. The average molecular weight is 515 g/mol. The van der Waals surface area contributed by atoms with Gasteiger partial charge in [0.1, 0.15) is 5.60 Å². The molecule has 6 nitrogen and oxygen atoms in total. The maximum absolute atomic E-state index is 12.1. The van der Waals surface area contributed by atoms with Crippen molar-refractivity contribution >= 4 is 5.91 Å². The summed E-state index contributed by atoms with van der Waals surface area (Å²) in [5, 5.41) is 25.3. The Bertz CT molecular complexity index is 1150. The maximum Gasteiger partial charge on any atom is 0.296 e. The summed E-state index contributed by atoms with van der Waals surface area (Å²) in [4.78, 5) is 24.9. The van der Waals surface area contributed by atoms with Gasteiger partial charge in [0, 0.05) is 5.18 Å². The lowest BCUT2D eigenvalue weighted by Gasteiger charge is -2.42. The molecule has 1 saturated heterocycles. The van der Waals surface area contributed by atoms with Crippen molar-refractivity contribution in [3.63, 3.8) is 0 Å². The molecule has 1 atom stereocenters. The molecule has 1 fully saturated rings. The molecule has 0 spiro atoms. The molecule has 6 heteroatoms. The first kappa shape index (κ1) is 27.8. The van der Waals surface area contributed by atoms with Crippen LogP contribution < -0.4 is 0 Å². The number of aliphatic hydroxyl groups excluding tert-OH is 1. The summed E-state index contributed by atoms with van der Waals surface area (Å²) in [5.74, 6) is -0.584. The summed E-state index contributed by atoms with van der Waals surface area (Å²) in [6.07, 6.45) is 2.69. The number of likely N-dealkylation sites (tertiary alicyclic amines) is 1. The lowest BCUT2D eigenvalue weighted by molar-refractivity contribution is -0.122. The van der Waals surface area contributed by atoms with Crippen molar-refractivity contribution in [2.24, 2.45) is 11.1 Å². The van der Waals surface area contributed by atoms with Crippen LogP contribution in [0.1, 0.15) is 67.9 Å². The predicted molar refractivity (Wildman–Crippen MR) is 150 cm³/mol. The van der Waals surface area contributed by atoms with Crippen LogP contribution in [0, 0.1) is 10.8 Å². The molecule has 1 unspecified atom stereocenters. The van der Waals surface area contributed by atoms with Gasteiger partial charge in [0.05, 0.1) is 11.5 Å². The molecule has 1 aliphatic heterocycles. The Hall–Kier alpha value is -3.19. The topological polar surface area (TPSA) is 90.2 Å². The molecule has 3 aromatic rings. The second-order valence-corrected chi connectivity index (χ2v) is 10.9. The van der Waals surface area contributed by atoms with Crippen LogP contribution in [0.5, 0.6) is 0 Å². The van der Waals surface area contributed by atoms with E-state index in [0.717, 1.165) is 55.6 Å².